The maximum Gasteiger partial charge on any atom is 0.337 e. The predicted molar refractivity (Wildman–Crippen MR) is 78.2 cm³/mol. The van der Waals surface area contributed by atoms with E-state index in [0.29, 0.717) is 5.56 Å². The summed E-state index contributed by atoms with van der Waals surface area (Å²) in [4.78, 5) is 13.1. The summed E-state index contributed by atoms with van der Waals surface area (Å²) in [7, 11) is -2.18. The molecule has 1 fully saturated rings. The molecule has 0 spiro atoms. The summed E-state index contributed by atoms with van der Waals surface area (Å²) in [6, 6.07) is 6.63. The van der Waals surface area contributed by atoms with Crippen molar-refractivity contribution < 1.29 is 17.9 Å². The van der Waals surface area contributed by atoms with Crippen LogP contribution >= 0.6 is 23.2 Å². The first-order valence-electron chi connectivity index (χ1n) is 5.80. The van der Waals surface area contributed by atoms with E-state index in [-0.39, 0.29) is 13.1 Å². The minimum absolute atomic E-state index is 0.157. The van der Waals surface area contributed by atoms with E-state index in [1.54, 1.807) is 29.2 Å². The fourth-order valence-electron chi connectivity index (χ4n) is 1.93. The molecule has 0 N–H and O–H groups in total. The second-order valence-electron chi connectivity index (χ2n) is 4.35. The number of carbonyl (C=O) groups excluding carboxylic acids is 1. The van der Waals surface area contributed by atoms with E-state index in [1.807, 2.05) is 0 Å². The third-order valence-corrected chi connectivity index (χ3v) is 6.58. The van der Waals surface area contributed by atoms with Crippen molar-refractivity contribution in [1.82, 2.24) is 0 Å². The highest BCUT2D eigenvalue weighted by Crippen LogP contribution is 2.28. The number of benzene rings is 1. The van der Waals surface area contributed by atoms with Crippen molar-refractivity contribution in [1.29, 1.82) is 0 Å². The molecule has 2 atom stereocenters. The van der Waals surface area contributed by atoms with Crippen LogP contribution in [0.2, 0.25) is 0 Å². The maximum atomic E-state index is 11.7. The van der Waals surface area contributed by atoms with Crippen molar-refractivity contribution in [2.75, 3.05) is 25.1 Å². The Labute approximate surface area is 127 Å². The fraction of sp³-hybridized carbons (Fsp3) is 0.417. The van der Waals surface area contributed by atoms with Gasteiger partial charge in [-0.3, -0.25) is 0 Å². The van der Waals surface area contributed by atoms with Crippen LogP contribution in [-0.2, 0) is 14.6 Å². The Balaban J connectivity index is 2.19. The lowest BCUT2D eigenvalue weighted by molar-refractivity contribution is 0.0601. The molecule has 1 aliphatic heterocycles. The van der Waals surface area contributed by atoms with Crippen LogP contribution in [0.4, 0.5) is 5.69 Å². The minimum atomic E-state index is -3.49. The summed E-state index contributed by atoms with van der Waals surface area (Å²) < 4.78 is 26.0. The number of esters is 1. The molecule has 2 rings (SSSR count). The van der Waals surface area contributed by atoms with Crippen LogP contribution in [0, 0.1) is 0 Å². The van der Waals surface area contributed by atoms with Gasteiger partial charge >= 0.3 is 5.97 Å². The molecule has 1 aromatic carbocycles. The molecule has 8 heteroatoms. The number of carbonyl (C=O) groups is 1. The monoisotopic (exact) mass is 337 g/mol. The molecular formula is C12H13Cl2NO4S. The van der Waals surface area contributed by atoms with Crippen molar-refractivity contribution in [3.05, 3.63) is 29.8 Å². The van der Waals surface area contributed by atoms with Crippen molar-refractivity contribution >= 4 is 44.7 Å². The summed E-state index contributed by atoms with van der Waals surface area (Å²) in [6.07, 6.45) is 0. The predicted octanol–water partition coefficient (Wildman–Crippen LogP) is 1.84. The number of rotatable bonds is 2. The van der Waals surface area contributed by atoms with Gasteiger partial charge in [-0.05, 0) is 24.3 Å². The van der Waals surface area contributed by atoms with Crippen molar-refractivity contribution in [2.45, 2.75) is 9.42 Å². The normalized spacial score (nSPS) is 25.2. The van der Waals surface area contributed by atoms with E-state index in [9.17, 15) is 13.2 Å². The molecule has 5 nitrogen and oxygen atoms in total. The number of methoxy groups -OCH3 is 1. The number of alkyl halides is 2. The lowest BCUT2D eigenvalue weighted by atomic mass is 10.2. The van der Waals surface area contributed by atoms with Gasteiger partial charge in [0, 0.05) is 18.8 Å². The zero-order chi connectivity index (χ0) is 14.9. The summed E-state index contributed by atoms with van der Waals surface area (Å²) in [6.45, 7) is 0.315. The van der Waals surface area contributed by atoms with Gasteiger partial charge in [0.2, 0.25) is 0 Å². The minimum Gasteiger partial charge on any atom is -0.465 e. The Morgan fingerprint density at radius 1 is 1.20 bits per heavy atom. The van der Waals surface area contributed by atoms with Gasteiger partial charge in [0.15, 0.2) is 19.3 Å². The van der Waals surface area contributed by atoms with E-state index in [1.165, 1.54) is 7.11 Å². The Bertz CT molecular complexity index is 584. The second kappa shape index (κ2) is 5.79. The van der Waals surface area contributed by atoms with Crippen LogP contribution in [0.3, 0.4) is 0 Å². The number of sulfone groups is 1. The van der Waals surface area contributed by atoms with Gasteiger partial charge in [0.25, 0.3) is 0 Å². The Morgan fingerprint density at radius 2 is 1.70 bits per heavy atom. The smallest absolute Gasteiger partial charge is 0.337 e. The zero-order valence-corrected chi connectivity index (χ0v) is 13.0. The third kappa shape index (κ3) is 2.87. The van der Waals surface area contributed by atoms with Gasteiger partial charge in [-0.15, -0.1) is 23.2 Å². The summed E-state index contributed by atoms with van der Waals surface area (Å²) >= 11 is 11.7. The molecule has 0 aromatic heterocycles. The first kappa shape index (κ1) is 15.4. The molecule has 0 bridgehead atoms. The zero-order valence-electron chi connectivity index (χ0n) is 10.6. The van der Waals surface area contributed by atoms with Gasteiger partial charge in [0.05, 0.1) is 12.7 Å². The van der Waals surface area contributed by atoms with Gasteiger partial charge in [-0.1, -0.05) is 0 Å². The molecule has 0 saturated carbocycles. The van der Waals surface area contributed by atoms with Gasteiger partial charge in [0.1, 0.15) is 0 Å². The molecule has 1 heterocycles. The van der Waals surface area contributed by atoms with Crippen LogP contribution in [0.15, 0.2) is 24.3 Å². The third-order valence-electron chi connectivity index (χ3n) is 3.09. The van der Waals surface area contributed by atoms with E-state index < -0.39 is 25.2 Å². The van der Waals surface area contributed by atoms with Gasteiger partial charge in [-0.2, -0.15) is 0 Å². The molecule has 2 unspecified atom stereocenters. The summed E-state index contributed by atoms with van der Waals surface area (Å²) in [5.74, 6) is -0.428. The van der Waals surface area contributed by atoms with Crippen molar-refractivity contribution in [3.63, 3.8) is 0 Å². The molecule has 1 saturated heterocycles. The fourth-order valence-corrected chi connectivity index (χ4v) is 4.26. The van der Waals surface area contributed by atoms with E-state index in [2.05, 4.69) is 4.74 Å². The number of nitrogens with zero attached hydrogens (tertiary/aromatic N) is 1. The average Bonchev–Trinajstić information content (AvgIpc) is 2.44. The number of ether oxygens (including phenoxy) is 1. The number of hydrogen-bond donors (Lipinski definition) is 0. The van der Waals surface area contributed by atoms with Crippen LogP contribution < -0.4 is 4.90 Å². The van der Waals surface area contributed by atoms with Crippen LogP contribution in [-0.4, -0.2) is 44.0 Å². The number of anilines is 1. The van der Waals surface area contributed by atoms with Crippen molar-refractivity contribution in [3.8, 4) is 0 Å². The highest BCUT2D eigenvalue weighted by Gasteiger charge is 2.39. The largest absolute Gasteiger partial charge is 0.465 e. The van der Waals surface area contributed by atoms with Crippen LogP contribution in [0.1, 0.15) is 10.4 Å². The molecule has 0 amide bonds. The molecule has 20 heavy (non-hydrogen) atoms. The van der Waals surface area contributed by atoms with E-state index in [4.69, 9.17) is 23.2 Å². The highest BCUT2D eigenvalue weighted by molar-refractivity contribution is 7.95. The number of halogens is 2. The van der Waals surface area contributed by atoms with E-state index in [0.717, 1.165) is 5.69 Å². The van der Waals surface area contributed by atoms with Crippen LogP contribution in [0.5, 0.6) is 0 Å². The van der Waals surface area contributed by atoms with Gasteiger partial charge in [-0.25, -0.2) is 13.2 Å². The average molecular weight is 338 g/mol. The lowest BCUT2D eigenvalue weighted by Crippen LogP contribution is -2.48. The Kier molecular flexibility index (Phi) is 4.46. The Hall–Kier alpha value is -0.980. The molecule has 0 radical (unpaired) electrons. The molecule has 0 aliphatic carbocycles. The molecule has 1 aromatic rings. The van der Waals surface area contributed by atoms with Crippen LogP contribution in [0.25, 0.3) is 0 Å². The molecule has 1 aliphatic rings. The highest BCUT2D eigenvalue weighted by atomic mass is 35.5. The Morgan fingerprint density at radius 3 is 2.15 bits per heavy atom. The van der Waals surface area contributed by atoms with Crippen molar-refractivity contribution in [2.24, 2.45) is 0 Å². The lowest BCUT2D eigenvalue weighted by Gasteiger charge is -2.34. The number of hydrogen-bond acceptors (Lipinski definition) is 5. The summed E-state index contributed by atoms with van der Waals surface area (Å²) in [5.41, 5.74) is 1.18. The second-order valence-corrected chi connectivity index (χ2v) is 8.24. The quantitative estimate of drug-likeness (QED) is 0.608. The topological polar surface area (TPSA) is 63.7 Å². The molecular weight excluding hydrogens is 325 g/mol. The standard InChI is InChI=1S/C12H13Cl2NO4S/c1-19-12(16)8-2-4-9(5-3-8)15-6-10(13)20(17,18)11(14)7-15/h2-5,10-11H,6-7H2,1H3. The first-order valence-corrected chi connectivity index (χ1v) is 8.28. The maximum absolute atomic E-state index is 11.7. The molecule has 110 valence electrons. The van der Waals surface area contributed by atoms with E-state index >= 15 is 0 Å². The summed E-state index contributed by atoms with van der Waals surface area (Å²) in [5, 5.41) is 0. The SMILES string of the molecule is COC(=O)c1ccc(N2CC(Cl)S(=O)(=O)C(Cl)C2)cc1. The first-order chi connectivity index (χ1) is 9.36. The van der Waals surface area contributed by atoms with Gasteiger partial charge < -0.3 is 9.64 Å².